The molecule has 0 aliphatic rings. The first-order valence-corrected chi connectivity index (χ1v) is 7.93. The van der Waals surface area contributed by atoms with Crippen LogP contribution in [0.25, 0.3) is 11.3 Å². The van der Waals surface area contributed by atoms with Crippen molar-refractivity contribution in [2.45, 2.75) is 12.6 Å². The smallest absolute Gasteiger partial charge is 0.418 e. The number of anilines is 1. The lowest BCUT2D eigenvalue weighted by Crippen LogP contribution is -2.18. The Kier molecular flexibility index (Phi) is 5.16. The van der Waals surface area contributed by atoms with Gasteiger partial charge in [0.05, 0.1) is 30.5 Å². The maximum absolute atomic E-state index is 13.0. The normalized spacial score (nSPS) is 11.3. The highest BCUT2D eigenvalue weighted by Gasteiger charge is 2.33. The third-order valence-corrected chi connectivity index (χ3v) is 3.76. The van der Waals surface area contributed by atoms with Gasteiger partial charge < -0.3 is 14.6 Å². The van der Waals surface area contributed by atoms with Crippen LogP contribution in [0.4, 0.5) is 18.9 Å². The maximum atomic E-state index is 13.0. The number of nitrogens with zero attached hydrogens (tertiary/aromatic N) is 1. The number of halogens is 3. The fraction of sp³-hybridized carbons (Fsp3) is 0.158. The zero-order chi connectivity index (χ0) is 19.4. The first kappa shape index (κ1) is 18.5. The molecule has 140 valence electrons. The van der Waals surface area contributed by atoms with Gasteiger partial charge in [0.25, 0.3) is 0 Å². The van der Waals surface area contributed by atoms with Gasteiger partial charge in [0.2, 0.25) is 5.91 Å². The number of hydrogen-bond donors (Lipinski definition) is 1. The second-order valence-corrected chi connectivity index (χ2v) is 5.68. The second kappa shape index (κ2) is 7.53. The molecule has 0 atom stereocenters. The number of carbonyl (C=O) groups excluding carboxylic acids is 1. The molecule has 0 spiro atoms. The van der Waals surface area contributed by atoms with E-state index in [1.807, 2.05) is 0 Å². The average Bonchev–Trinajstić information content (AvgIpc) is 3.09. The molecule has 0 aliphatic carbocycles. The van der Waals surface area contributed by atoms with Gasteiger partial charge in [-0.2, -0.15) is 13.2 Å². The van der Waals surface area contributed by atoms with Crippen LogP contribution in [0, 0.1) is 0 Å². The Bertz CT molecular complexity index is 951. The van der Waals surface area contributed by atoms with Crippen molar-refractivity contribution < 1.29 is 27.2 Å². The van der Waals surface area contributed by atoms with Gasteiger partial charge in [0, 0.05) is 11.6 Å². The van der Waals surface area contributed by atoms with E-state index in [1.165, 1.54) is 25.3 Å². The molecule has 27 heavy (non-hydrogen) atoms. The van der Waals surface area contributed by atoms with E-state index in [-0.39, 0.29) is 12.1 Å². The van der Waals surface area contributed by atoms with E-state index in [9.17, 15) is 18.0 Å². The molecule has 0 saturated heterocycles. The van der Waals surface area contributed by atoms with Gasteiger partial charge in [-0.1, -0.05) is 29.4 Å². The summed E-state index contributed by atoms with van der Waals surface area (Å²) in [7, 11) is 1.54. The van der Waals surface area contributed by atoms with E-state index in [0.717, 1.165) is 6.07 Å². The monoisotopic (exact) mass is 376 g/mol. The highest BCUT2D eigenvalue weighted by atomic mass is 19.4. The predicted octanol–water partition coefficient (Wildman–Crippen LogP) is 4.55. The van der Waals surface area contributed by atoms with Crippen LogP contribution in [0.5, 0.6) is 5.75 Å². The van der Waals surface area contributed by atoms with Crippen molar-refractivity contribution in [1.29, 1.82) is 0 Å². The first-order chi connectivity index (χ1) is 12.9. The van der Waals surface area contributed by atoms with Crippen LogP contribution in [-0.2, 0) is 17.4 Å². The van der Waals surface area contributed by atoms with E-state index >= 15 is 0 Å². The highest BCUT2D eigenvalue weighted by Crippen LogP contribution is 2.34. The van der Waals surface area contributed by atoms with Gasteiger partial charge in [-0.15, -0.1) is 0 Å². The Balaban J connectivity index is 1.72. The lowest BCUT2D eigenvalue weighted by molar-refractivity contribution is -0.137. The molecule has 0 bridgehead atoms. The number of carbonyl (C=O) groups is 1. The van der Waals surface area contributed by atoms with E-state index < -0.39 is 17.6 Å². The molecule has 1 N–H and O–H groups in total. The topological polar surface area (TPSA) is 64.4 Å². The fourth-order valence-electron chi connectivity index (χ4n) is 2.51. The van der Waals surface area contributed by atoms with Crippen molar-refractivity contribution in [3.05, 3.63) is 65.9 Å². The Labute approximate surface area is 152 Å². The molecule has 0 aliphatic heterocycles. The van der Waals surface area contributed by atoms with Crippen LogP contribution in [0.3, 0.4) is 0 Å². The largest absolute Gasteiger partial charge is 0.497 e. The minimum Gasteiger partial charge on any atom is -0.497 e. The minimum absolute atomic E-state index is 0.223. The minimum atomic E-state index is -4.56. The number of amides is 1. The zero-order valence-corrected chi connectivity index (χ0v) is 14.2. The molecule has 3 rings (SSSR count). The lowest BCUT2D eigenvalue weighted by atomic mass is 10.1. The summed E-state index contributed by atoms with van der Waals surface area (Å²) in [5.41, 5.74) is -0.201. The highest BCUT2D eigenvalue weighted by molar-refractivity contribution is 5.93. The van der Waals surface area contributed by atoms with Crippen molar-refractivity contribution in [3.8, 4) is 17.1 Å². The van der Waals surface area contributed by atoms with Crippen molar-refractivity contribution in [2.24, 2.45) is 0 Å². The standard InChI is InChI=1S/C19H15F3N2O3/c1-26-14-6-4-5-12(9-14)17-10-13(24-27-17)11-18(25)23-16-8-3-2-7-15(16)19(20,21)22/h2-10H,11H2,1H3,(H,23,25). The molecule has 5 nitrogen and oxygen atoms in total. The van der Waals surface area contributed by atoms with Crippen LogP contribution >= 0.6 is 0 Å². The number of ether oxygens (including phenoxy) is 1. The number of alkyl halides is 3. The van der Waals surface area contributed by atoms with Crippen molar-refractivity contribution in [1.82, 2.24) is 5.16 Å². The van der Waals surface area contributed by atoms with Gasteiger partial charge in [-0.05, 0) is 24.3 Å². The van der Waals surface area contributed by atoms with Crippen LogP contribution < -0.4 is 10.1 Å². The molecule has 1 amide bonds. The molecule has 0 unspecified atom stereocenters. The van der Waals surface area contributed by atoms with Gasteiger partial charge >= 0.3 is 6.18 Å². The van der Waals surface area contributed by atoms with E-state index in [2.05, 4.69) is 10.5 Å². The Morgan fingerprint density at radius 2 is 1.93 bits per heavy atom. The number of aromatic nitrogens is 1. The molecule has 2 aromatic carbocycles. The Hall–Kier alpha value is -3.29. The molecule has 1 aromatic heterocycles. The van der Waals surface area contributed by atoms with E-state index in [4.69, 9.17) is 9.26 Å². The number of nitrogens with one attached hydrogen (secondary N) is 1. The summed E-state index contributed by atoms with van der Waals surface area (Å²) in [5.74, 6) is 0.427. The number of hydrogen-bond acceptors (Lipinski definition) is 4. The van der Waals surface area contributed by atoms with Gasteiger partial charge in [-0.25, -0.2) is 0 Å². The fourth-order valence-corrected chi connectivity index (χ4v) is 2.51. The third-order valence-electron chi connectivity index (χ3n) is 3.76. The van der Waals surface area contributed by atoms with Gasteiger partial charge in [-0.3, -0.25) is 4.79 Å². The van der Waals surface area contributed by atoms with Crippen LogP contribution in [0.2, 0.25) is 0 Å². The molecule has 1 heterocycles. The summed E-state index contributed by atoms with van der Waals surface area (Å²) >= 11 is 0. The Morgan fingerprint density at radius 3 is 2.67 bits per heavy atom. The predicted molar refractivity (Wildman–Crippen MR) is 92.3 cm³/mol. The summed E-state index contributed by atoms with van der Waals surface area (Å²) in [5, 5.41) is 6.07. The number of methoxy groups -OCH3 is 1. The number of rotatable bonds is 5. The summed E-state index contributed by atoms with van der Waals surface area (Å²) in [6.45, 7) is 0. The van der Waals surface area contributed by atoms with Crippen LogP contribution in [-0.4, -0.2) is 18.2 Å². The number of para-hydroxylation sites is 1. The van der Waals surface area contributed by atoms with Crippen LogP contribution in [0.15, 0.2) is 59.1 Å². The summed E-state index contributed by atoms with van der Waals surface area (Å²) < 4.78 is 49.3. The Morgan fingerprint density at radius 1 is 1.15 bits per heavy atom. The third kappa shape index (κ3) is 4.46. The molecular formula is C19H15F3N2O3. The van der Waals surface area contributed by atoms with Crippen molar-refractivity contribution >= 4 is 11.6 Å². The second-order valence-electron chi connectivity index (χ2n) is 5.68. The molecular weight excluding hydrogens is 361 g/mol. The average molecular weight is 376 g/mol. The molecule has 0 fully saturated rings. The maximum Gasteiger partial charge on any atom is 0.418 e. The van der Waals surface area contributed by atoms with Crippen molar-refractivity contribution in [3.63, 3.8) is 0 Å². The first-order valence-electron chi connectivity index (χ1n) is 7.93. The lowest BCUT2D eigenvalue weighted by Gasteiger charge is -2.13. The zero-order valence-electron chi connectivity index (χ0n) is 14.2. The van der Waals surface area contributed by atoms with E-state index in [1.54, 1.807) is 30.3 Å². The quantitative estimate of drug-likeness (QED) is 0.710. The van der Waals surface area contributed by atoms with Gasteiger partial charge in [0.15, 0.2) is 5.76 Å². The molecule has 8 heteroatoms. The number of benzene rings is 2. The van der Waals surface area contributed by atoms with Crippen molar-refractivity contribution in [2.75, 3.05) is 12.4 Å². The van der Waals surface area contributed by atoms with E-state index in [0.29, 0.717) is 22.8 Å². The summed E-state index contributed by atoms with van der Waals surface area (Å²) in [4.78, 5) is 12.1. The summed E-state index contributed by atoms with van der Waals surface area (Å²) in [6.07, 6.45) is -4.78. The molecule has 0 saturated carbocycles. The van der Waals surface area contributed by atoms with Crippen LogP contribution in [0.1, 0.15) is 11.3 Å². The van der Waals surface area contributed by atoms with Gasteiger partial charge in [0.1, 0.15) is 5.75 Å². The summed E-state index contributed by atoms with van der Waals surface area (Å²) in [6, 6.07) is 13.4. The SMILES string of the molecule is COc1cccc(-c2cc(CC(=O)Nc3ccccc3C(F)(F)F)no2)c1. The molecule has 0 radical (unpaired) electrons. The molecule has 3 aromatic rings.